The molecule has 1 N–H and O–H groups in total. The van der Waals surface area contributed by atoms with Crippen LogP contribution >= 0.6 is 0 Å². The first-order valence-electron chi connectivity index (χ1n) is 6.74. The Morgan fingerprint density at radius 2 is 1.88 bits per heavy atom. The Labute approximate surface area is 105 Å². The normalized spacial score (nSPS) is 12.6. The van der Waals surface area contributed by atoms with E-state index in [1.54, 1.807) is 0 Å². The summed E-state index contributed by atoms with van der Waals surface area (Å²) >= 11 is 0. The summed E-state index contributed by atoms with van der Waals surface area (Å²) in [6.45, 7) is 6.96. The molecule has 2 nitrogen and oxygen atoms in total. The fourth-order valence-electron chi connectivity index (χ4n) is 1.86. The Kier molecular flexibility index (Phi) is 7.69. The van der Waals surface area contributed by atoms with Crippen molar-refractivity contribution in [1.29, 1.82) is 0 Å². The fraction of sp³-hybridized carbons (Fsp3) is 0.600. The highest BCUT2D eigenvalue weighted by Crippen LogP contribution is 2.12. The smallest absolute Gasteiger partial charge is 0.0661 e. The summed E-state index contributed by atoms with van der Waals surface area (Å²) in [5.41, 5.74) is 1.31. The van der Waals surface area contributed by atoms with Crippen LogP contribution in [0.15, 0.2) is 30.3 Å². The lowest BCUT2D eigenvalue weighted by Crippen LogP contribution is -2.25. The van der Waals surface area contributed by atoms with Crippen LogP contribution in [0.1, 0.15) is 44.7 Å². The molecule has 0 aliphatic carbocycles. The zero-order valence-electron chi connectivity index (χ0n) is 11.1. The van der Waals surface area contributed by atoms with Gasteiger partial charge in [0.1, 0.15) is 0 Å². The zero-order chi connectivity index (χ0) is 12.3. The lowest BCUT2D eigenvalue weighted by atomic mass is 10.1. The van der Waals surface area contributed by atoms with Crippen LogP contribution in [0.25, 0.3) is 0 Å². The highest BCUT2D eigenvalue weighted by atomic mass is 16.5. The lowest BCUT2D eigenvalue weighted by Gasteiger charge is -2.18. The van der Waals surface area contributed by atoms with E-state index >= 15 is 0 Å². The molecule has 0 aliphatic heterocycles. The Bertz CT molecular complexity index is 274. The maximum atomic E-state index is 5.74. The molecule has 1 rings (SSSR count). The number of ether oxygens (including phenoxy) is 1. The van der Waals surface area contributed by atoms with Gasteiger partial charge in [0.25, 0.3) is 0 Å². The predicted molar refractivity (Wildman–Crippen MR) is 73.2 cm³/mol. The van der Waals surface area contributed by atoms with E-state index in [9.17, 15) is 0 Å². The van der Waals surface area contributed by atoms with E-state index < -0.39 is 0 Å². The van der Waals surface area contributed by atoms with Gasteiger partial charge in [-0.1, -0.05) is 57.0 Å². The van der Waals surface area contributed by atoms with Gasteiger partial charge in [-0.25, -0.2) is 0 Å². The van der Waals surface area contributed by atoms with Crippen LogP contribution in [0, 0.1) is 0 Å². The van der Waals surface area contributed by atoms with Crippen molar-refractivity contribution in [3.63, 3.8) is 0 Å². The van der Waals surface area contributed by atoms with Crippen molar-refractivity contribution in [2.24, 2.45) is 0 Å². The van der Waals surface area contributed by atoms with Crippen molar-refractivity contribution in [1.82, 2.24) is 5.32 Å². The van der Waals surface area contributed by atoms with Gasteiger partial charge in [0.15, 0.2) is 0 Å². The predicted octanol–water partition coefficient (Wildman–Crippen LogP) is 3.54. The number of rotatable bonds is 9. The van der Waals surface area contributed by atoms with Gasteiger partial charge in [0.2, 0.25) is 0 Å². The summed E-state index contributed by atoms with van der Waals surface area (Å²) in [7, 11) is 0. The van der Waals surface area contributed by atoms with Crippen molar-refractivity contribution in [3.8, 4) is 0 Å². The second-order valence-electron chi connectivity index (χ2n) is 4.30. The van der Waals surface area contributed by atoms with Crippen LogP contribution in [0.3, 0.4) is 0 Å². The minimum absolute atomic E-state index is 0.322. The molecule has 1 atom stereocenters. The number of benzene rings is 1. The number of hydrogen-bond donors (Lipinski definition) is 1. The van der Waals surface area contributed by atoms with Crippen molar-refractivity contribution >= 4 is 0 Å². The van der Waals surface area contributed by atoms with Crippen molar-refractivity contribution < 1.29 is 4.74 Å². The number of likely N-dealkylation sites (N-methyl/N-ethyl adjacent to an activating group) is 1. The zero-order valence-corrected chi connectivity index (χ0v) is 11.1. The van der Waals surface area contributed by atoms with Crippen LogP contribution < -0.4 is 5.32 Å². The van der Waals surface area contributed by atoms with Gasteiger partial charge in [-0.3, -0.25) is 0 Å². The van der Waals surface area contributed by atoms with Gasteiger partial charge in [-0.15, -0.1) is 0 Å². The van der Waals surface area contributed by atoms with Crippen molar-refractivity contribution in [2.45, 2.75) is 39.2 Å². The molecule has 0 aliphatic rings. The van der Waals surface area contributed by atoms with Crippen LogP contribution in [0.4, 0.5) is 0 Å². The topological polar surface area (TPSA) is 21.3 Å². The molecule has 0 amide bonds. The average molecular weight is 235 g/mol. The molecule has 0 saturated carbocycles. The van der Waals surface area contributed by atoms with Gasteiger partial charge >= 0.3 is 0 Å². The second-order valence-corrected chi connectivity index (χ2v) is 4.30. The molecule has 1 unspecified atom stereocenters. The molecule has 0 aromatic heterocycles. The summed E-state index contributed by atoms with van der Waals surface area (Å²) < 4.78 is 5.74. The molecular formula is C15H25NO. The van der Waals surface area contributed by atoms with Crippen LogP contribution in [-0.4, -0.2) is 19.8 Å². The third kappa shape index (κ3) is 5.85. The molecule has 0 bridgehead atoms. The minimum atomic E-state index is 0.322. The summed E-state index contributed by atoms with van der Waals surface area (Å²) in [5.74, 6) is 0. The van der Waals surface area contributed by atoms with E-state index in [-0.39, 0.29) is 0 Å². The molecular weight excluding hydrogens is 210 g/mol. The molecule has 17 heavy (non-hydrogen) atoms. The second kappa shape index (κ2) is 9.20. The Hall–Kier alpha value is -0.860. The van der Waals surface area contributed by atoms with Gasteiger partial charge in [-0.05, 0) is 18.5 Å². The SMILES string of the molecule is CCCCCOCC(NCC)c1ccccc1. The Balaban J connectivity index is 2.33. The van der Waals surface area contributed by atoms with E-state index in [0.717, 1.165) is 19.8 Å². The number of unbranched alkanes of at least 4 members (excludes halogenated alkanes) is 2. The summed E-state index contributed by atoms with van der Waals surface area (Å²) in [5, 5.41) is 3.46. The van der Waals surface area contributed by atoms with Crippen LogP contribution in [-0.2, 0) is 4.74 Å². The third-order valence-corrected chi connectivity index (χ3v) is 2.83. The Morgan fingerprint density at radius 3 is 2.53 bits per heavy atom. The molecule has 0 spiro atoms. The molecule has 0 saturated heterocycles. The van der Waals surface area contributed by atoms with Crippen molar-refractivity contribution in [3.05, 3.63) is 35.9 Å². The quantitative estimate of drug-likeness (QED) is 0.661. The monoisotopic (exact) mass is 235 g/mol. The third-order valence-electron chi connectivity index (χ3n) is 2.83. The highest BCUT2D eigenvalue weighted by molar-refractivity contribution is 5.18. The summed E-state index contributed by atoms with van der Waals surface area (Å²) in [4.78, 5) is 0. The fourth-order valence-corrected chi connectivity index (χ4v) is 1.86. The standard InChI is InChI=1S/C15H25NO/c1-3-5-9-12-17-13-15(16-4-2)14-10-7-6-8-11-14/h6-8,10-11,15-16H,3-5,9,12-13H2,1-2H3. The first-order valence-corrected chi connectivity index (χ1v) is 6.74. The van der Waals surface area contributed by atoms with E-state index in [2.05, 4.69) is 49.5 Å². The molecule has 1 aromatic rings. The molecule has 0 radical (unpaired) electrons. The highest BCUT2D eigenvalue weighted by Gasteiger charge is 2.09. The molecule has 0 heterocycles. The first kappa shape index (κ1) is 14.2. The number of nitrogens with one attached hydrogen (secondary N) is 1. The molecule has 96 valence electrons. The van der Waals surface area contributed by atoms with E-state index in [4.69, 9.17) is 4.74 Å². The summed E-state index contributed by atoms with van der Waals surface area (Å²) in [6.07, 6.45) is 3.68. The maximum Gasteiger partial charge on any atom is 0.0661 e. The first-order chi connectivity index (χ1) is 8.38. The molecule has 2 heteroatoms. The maximum absolute atomic E-state index is 5.74. The Morgan fingerprint density at radius 1 is 1.12 bits per heavy atom. The largest absolute Gasteiger partial charge is 0.379 e. The van der Waals surface area contributed by atoms with Crippen molar-refractivity contribution in [2.75, 3.05) is 19.8 Å². The lowest BCUT2D eigenvalue weighted by molar-refractivity contribution is 0.108. The van der Waals surface area contributed by atoms with E-state index in [0.29, 0.717) is 6.04 Å². The minimum Gasteiger partial charge on any atom is -0.379 e. The molecule has 0 fully saturated rings. The van der Waals surface area contributed by atoms with Gasteiger partial charge < -0.3 is 10.1 Å². The van der Waals surface area contributed by atoms with Gasteiger partial charge in [-0.2, -0.15) is 0 Å². The average Bonchev–Trinajstić information content (AvgIpc) is 2.38. The van der Waals surface area contributed by atoms with E-state index in [1.807, 2.05) is 0 Å². The van der Waals surface area contributed by atoms with E-state index in [1.165, 1.54) is 24.8 Å². The van der Waals surface area contributed by atoms with Gasteiger partial charge in [0, 0.05) is 6.61 Å². The summed E-state index contributed by atoms with van der Waals surface area (Å²) in [6, 6.07) is 10.8. The molecule has 1 aromatic carbocycles. The van der Waals surface area contributed by atoms with Crippen LogP contribution in [0.5, 0.6) is 0 Å². The number of hydrogen-bond acceptors (Lipinski definition) is 2. The van der Waals surface area contributed by atoms with Gasteiger partial charge in [0.05, 0.1) is 12.6 Å². The van der Waals surface area contributed by atoms with Crippen LogP contribution in [0.2, 0.25) is 0 Å².